The Labute approximate surface area is 199 Å². The molecule has 13 nitrogen and oxygen atoms in total. The van der Waals surface area contributed by atoms with Crippen LogP contribution in [0, 0.1) is 0 Å². The van der Waals surface area contributed by atoms with Crippen molar-refractivity contribution in [1.29, 1.82) is 0 Å². The third-order valence-electron chi connectivity index (χ3n) is 5.09. The van der Waals surface area contributed by atoms with Crippen LogP contribution in [0.15, 0.2) is 12.7 Å². The van der Waals surface area contributed by atoms with E-state index >= 15 is 0 Å². The van der Waals surface area contributed by atoms with E-state index in [1.165, 1.54) is 13.4 Å². The van der Waals surface area contributed by atoms with Gasteiger partial charge in [0, 0.05) is 6.61 Å². The molecule has 0 bridgehead atoms. The average Bonchev–Trinajstić information content (AvgIpc) is 3.46. The van der Waals surface area contributed by atoms with E-state index in [0.29, 0.717) is 17.8 Å². The minimum absolute atomic E-state index is 0.0225. The minimum atomic E-state index is -3.07. The van der Waals surface area contributed by atoms with Gasteiger partial charge in [0.25, 0.3) is 6.48 Å². The molecule has 2 aromatic rings. The van der Waals surface area contributed by atoms with Crippen molar-refractivity contribution in [1.82, 2.24) is 24.6 Å². The number of rotatable bonds is 9. The Hall–Kier alpha value is -1.48. The van der Waals surface area contributed by atoms with Gasteiger partial charge in [-0.05, 0) is 36.9 Å². The third kappa shape index (κ3) is 5.14. The SMILES string of the molecule is CCOC1O[C@@H]2[C@H](O1)[C@@H](COP(=S)(Cl)N[C@@H](C)C(=O)OC)O[C@H]2n1cnc2c(N)ncnc21. The Morgan fingerprint density at radius 1 is 1.36 bits per heavy atom. The van der Waals surface area contributed by atoms with Crippen LogP contribution in [0.2, 0.25) is 0 Å². The minimum Gasteiger partial charge on any atom is -0.468 e. The standard InChI is InChI=1S/C17H24ClN6O7PS/c1-4-27-17-30-11-9(5-28-32(18,33)23-8(2)16(25)26-3)29-15(12(11)31-17)24-7-22-10-13(19)20-6-21-14(10)24/h6-9,11-12,15,17H,4-5H2,1-3H3,(H,23,33)(H2,19,20,21)/t8-,9+,11+,12+,15+,17?,32?/m0/s1. The molecule has 16 heteroatoms. The number of nitrogens with one attached hydrogen (secondary N) is 1. The van der Waals surface area contributed by atoms with Crippen LogP contribution in [-0.2, 0) is 44.8 Å². The highest BCUT2D eigenvalue weighted by Gasteiger charge is 2.54. The zero-order chi connectivity index (χ0) is 23.8. The summed E-state index contributed by atoms with van der Waals surface area (Å²) in [7, 11) is 1.27. The number of nitrogen functional groups attached to an aromatic ring is 1. The molecule has 0 amide bonds. The number of anilines is 1. The van der Waals surface area contributed by atoms with Gasteiger partial charge in [-0.1, -0.05) is 0 Å². The fourth-order valence-electron chi connectivity index (χ4n) is 3.60. The van der Waals surface area contributed by atoms with Gasteiger partial charge in [0.05, 0.1) is 20.0 Å². The lowest BCUT2D eigenvalue weighted by atomic mass is 10.1. The summed E-state index contributed by atoms with van der Waals surface area (Å²) in [6.45, 7) is 2.91. The van der Waals surface area contributed by atoms with Gasteiger partial charge in [-0.2, -0.15) is 0 Å². The predicted molar refractivity (Wildman–Crippen MR) is 120 cm³/mol. The Balaban J connectivity index is 1.52. The number of fused-ring (bicyclic) bond motifs is 2. The van der Waals surface area contributed by atoms with E-state index in [1.54, 1.807) is 17.8 Å². The maximum atomic E-state index is 11.7. The first-order chi connectivity index (χ1) is 15.7. The van der Waals surface area contributed by atoms with Crippen LogP contribution >= 0.6 is 17.0 Å². The van der Waals surface area contributed by atoms with Crippen LogP contribution in [0.3, 0.4) is 0 Å². The number of carbonyl (C=O) groups is 1. The fraction of sp³-hybridized carbons (Fsp3) is 0.647. The molecule has 0 aromatic carbocycles. The van der Waals surface area contributed by atoms with E-state index in [4.69, 9.17) is 52.3 Å². The van der Waals surface area contributed by atoms with Gasteiger partial charge in [0.2, 0.25) is 5.77 Å². The normalized spacial score (nSPS) is 29.6. The molecule has 4 rings (SSSR count). The van der Waals surface area contributed by atoms with Crippen molar-refractivity contribution >= 4 is 51.8 Å². The van der Waals surface area contributed by atoms with Crippen LogP contribution in [-0.4, -0.2) is 76.6 Å². The van der Waals surface area contributed by atoms with Gasteiger partial charge in [0.15, 0.2) is 17.7 Å². The first-order valence-electron chi connectivity index (χ1n) is 10.0. The zero-order valence-corrected chi connectivity index (χ0v) is 20.5. The van der Waals surface area contributed by atoms with Crippen molar-refractivity contribution in [3.63, 3.8) is 0 Å². The first-order valence-corrected chi connectivity index (χ1v) is 13.7. The molecule has 7 atom stereocenters. The van der Waals surface area contributed by atoms with Crippen LogP contribution < -0.4 is 10.8 Å². The molecule has 3 N–H and O–H groups in total. The predicted octanol–water partition coefficient (Wildman–Crippen LogP) is 1.04. The molecule has 0 saturated carbocycles. The molecule has 33 heavy (non-hydrogen) atoms. The monoisotopic (exact) mass is 522 g/mol. The lowest BCUT2D eigenvalue weighted by molar-refractivity contribution is -0.265. The highest BCUT2D eigenvalue weighted by molar-refractivity contribution is 8.23. The van der Waals surface area contributed by atoms with Gasteiger partial charge in [-0.3, -0.25) is 9.36 Å². The number of imidazole rings is 1. The van der Waals surface area contributed by atoms with Crippen LogP contribution in [0.25, 0.3) is 11.2 Å². The number of halogens is 1. The molecule has 2 saturated heterocycles. The number of aromatic nitrogens is 4. The van der Waals surface area contributed by atoms with E-state index in [9.17, 15) is 4.79 Å². The van der Waals surface area contributed by atoms with Crippen molar-refractivity contribution in [3.05, 3.63) is 12.7 Å². The van der Waals surface area contributed by atoms with E-state index in [2.05, 4.69) is 24.8 Å². The molecule has 2 aliphatic rings. The summed E-state index contributed by atoms with van der Waals surface area (Å²) < 4.78 is 35.7. The molecule has 0 aliphatic carbocycles. The van der Waals surface area contributed by atoms with Crippen molar-refractivity contribution < 1.29 is 33.0 Å². The Morgan fingerprint density at radius 2 is 2.12 bits per heavy atom. The van der Waals surface area contributed by atoms with E-state index in [1.807, 2.05) is 6.92 Å². The summed E-state index contributed by atoms with van der Waals surface area (Å²) in [5, 5.41) is 2.79. The zero-order valence-electron chi connectivity index (χ0n) is 18.0. The molecule has 0 radical (unpaired) electrons. The van der Waals surface area contributed by atoms with Crippen LogP contribution in [0.1, 0.15) is 20.1 Å². The maximum Gasteiger partial charge on any atom is 0.322 e. The number of hydrogen-bond donors (Lipinski definition) is 2. The van der Waals surface area contributed by atoms with Crippen LogP contribution in [0.4, 0.5) is 5.82 Å². The summed E-state index contributed by atoms with van der Waals surface area (Å²) in [5.74, 6) is -3.33. The number of nitrogens with zero attached hydrogens (tertiary/aromatic N) is 4. The van der Waals surface area contributed by atoms with Crippen LogP contribution in [0.5, 0.6) is 0 Å². The van der Waals surface area contributed by atoms with Gasteiger partial charge >= 0.3 is 5.97 Å². The van der Waals surface area contributed by atoms with Gasteiger partial charge in [-0.25, -0.2) is 20.0 Å². The van der Waals surface area contributed by atoms with Gasteiger partial charge in [0.1, 0.15) is 36.2 Å². The highest BCUT2D eigenvalue weighted by atomic mass is 35.7. The van der Waals surface area contributed by atoms with Crippen molar-refractivity contribution in [3.8, 4) is 0 Å². The van der Waals surface area contributed by atoms with E-state index < -0.39 is 48.8 Å². The largest absolute Gasteiger partial charge is 0.468 e. The second kappa shape index (κ2) is 10.0. The molecular formula is C17H24ClN6O7PS. The molecular weight excluding hydrogens is 499 g/mol. The highest BCUT2D eigenvalue weighted by Crippen LogP contribution is 2.50. The summed E-state index contributed by atoms with van der Waals surface area (Å²) in [6.07, 6.45) is 0.507. The average molecular weight is 523 g/mol. The van der Waals surface area contributed by atoms with Gasteiger partial charge < -0.3 is 33.9 Å². The van der Waals surface area contributed by atoms with E-state index in [-0.39, 0.29) is 12.4 Å². The molecule has 0 spiro atoms. The Bertz CT molecular complexity index is 1060. The topological polar surface area (TPSA) is 154 Å². The lowest BCUT2D eigenvalue weighted by Crippen LogP contribution is -2.34. The number of carbonyl (C=O) groups excluding carboxylic acids is 1. The molecule has 2 unspecified atom stereocenters. The van der Waals surface area contributed by atoms with E-state index in [0.717, 1.165) is 0 Å². The molecule has 2 aromatic heterocycles. The number of nitrogens with two attached hydrogens (primary N) is 1. The Morgan fingerprint density at radius 3 is 2.85 bits per heavy atom. The quantitative estimate of drug-likeness (QED) is 0.356. The summed E-state index contributed by atoms with van der Waals surface area (Å²) in [4.78, 5) is 24.2. The first kappa shape index (κ1) is 24.6. The molecule has 2 fully saturated rings. The molecule has 182 valence electrons. The molecule has 4 heterocycles. The maximum absolute atomic E-state index is 11.7. The van der Waals surface area contributed by atoms with Crippen molar-refractivity contribution in [2.24, 2.45) is 0 Å². The number of esters is 1. The Kier molecular flexibility index (Phi) is 7.48. The smallest absolute Gasteiger partial charge is 0.322 e. The summed E-state index contributed by atoms with van der Waals surface area (Å²) in [5.41, 5.74) is 6.82. The fourth-order valence-corrected chi connectivity index (χ4v) is 5.85. The summed E-state index contributed by atoms with van der Waals surface area (Å²) in [6, 6.07) is -0.737. The van der Waals surface area contributed by atoms with Gasteiger partial charge in [-0.15, -0.1) is 0 Å². The van der Waals surface area contributed by atoms with Crippen molar-refractivity contribution in [2.75, 3.05) is 26.1 Å². The summed E-state index contributed by atoms with van der Waals surface area (Å²) >= 11 is 11.7. The number of ether oxygens (including phenoxy) is 5. The second-order valence-corrected chi connectivity index (χ2v) is 12.3. The van der Waals surface area contributed by atoms with Crippen molar-refractivity contribution in [2.45, 2.75) is 50.9 Å². The second-order valence-electron chi connectivity index (χ2n) is 7.24. The number of methoxy groups -OCH3 is 1. The lowest BCUT2D eigenvalue weighted by Gasteiger charge is -2.24. The number of hydrogen-bond acceptors (Lipinski definition) is 12. The molecule has 2 aliphatic heterocycles. The third-order valence-corrected chi connectivity index (χ3v) is 7.49.